The fraction of sp³-hybridized carbons (Fsp3) is 0.432. The first-order valence-corrected chi connectivity index (χ1v) is 17.5. The van der Waals surface area contributed by atoms with Crippen molar-refractivity contribution in [2.24, 2.45) is 28.6 Å². The minimum Gasteiger partial charge on any atom is -0.403 e. The lowest BCUT2D eigenvalue weighted by Gasteiger charge is -2.58. The van der Waals surface area contributed by atoms with E-state index in [4.69, 9.17) is 4.43 Å². The van der Waals surface area contributed by atoms with Crippen LogP contribution in [-0.4, -0.2) is 20.7 Å². The molecule has 0 aliphatic heterocycles. The van der Waals surface area contributed by atoms with Crippen LogP contribution in [0, 0.1) is 28.6 Å². The van der Waals surface area contributed by atoms with Crippen LogP contribution >= 0.6 is 0 Å². The first kappa shape index (κ1) is 26.2. The Morgan fingerprint density at radius 3 is 1.95 bits per heavy atom. The maximum absolute atomic E-state index is 13.1. The van der Waals surface area contributed by atoms with Gasteiger partial charge in [-0.05, 0) is 78.3 Å². The Kier molecular flexibility index (Phi) is 6.71. The number of hydrogen-bond acceptors (Lipinski definition) is 2. The van der Waals surface area contributed by atoms with E-state index in [1.807, 2.05) is 0 Å². The second-order valence-electron chi connectivity index (χ2n) is 13.2. The second-order valence-corrected chi connectivity index (χ2v) is 16.6. The Balaban J connectivity index is 1.34. The van der Waals surface area contributed by atoms with Crippen molar-refractivity contribution in [2.75, 3.05) is 6.61 Å². The minimum atomic E-state index is -2.78. The van der Waals surface area contributed by atoms with Gasteiger partial charge in [-0.3, -0.25) is 4.79 Å². The van der Waals surface area contributed by atoms with Gasteiger partial charge >= 0.3 is 0 Å². The van der Waals surface area contributed by atoms with E-state index in [-0.39, 0.29) is 10.8 Å². The molecule has 0 amide bonds. The summed E-state index contributed by atoms with van der Waals surface area (Å²) in [6.45, 7) is 3.08. The van der Waals surface area contributed by atoms with Crippen molar-refractivity contribution < 1.29 is 9.22 Å². The summed E-state index contributed by atoms with van der Waals surface area (Å²) in [5.74, 6) is 2.29. The summed E-state index contributed by atoms with van der Waals surface area (Å²) in [5, 5.41) is 3.94. The third-order valence-corrected chi connectivity index (χ3v) is 15.6. The second kappa shape index (κ2) is 10.3. The number of allylic oxidation sites excluding steroid dienone is 1. The zero-order valence-electron chi connectivity index (χ0n) is 23.9. The molecule has 0 aromatic heterocycles. The van der Waals surface area contributed by atoms with Crippen LogP contribution in [0.2, 0.25) is 0 Å². The topological polar surface area (TPSA) is 26.3 Å². The summed E-state index contributed by atoms with van der Waals surface area (Å²) in [6.07, 6.45) is 12.9. The van der Waals surface area contributed by atoms with Gasteiger partial charge in [0.25, 0.3) is 8.32 Å². The molecule has 3 saturated carbocycles. The predicted octanol–water partition coefficient (Wildman–Crippen LogP) is 6.57. The van der Waals surface area contributed by atoms with Crippen LogP contribution in [-0.2, 0) is 9.22 Å². The van der Waals surface area contributed by atoms with Crippen LogP contribution in [0.4, 0.5) is 0 Å². The van der Waals surface area contributed by atoms with Gasteiger partial charge in [-0.15, -0.1) is 0 Å². The number of ketones is 1. The summed E-state index contributed by atoms with van der Waals surface area (Å²) in [6, 6.07) is 33.1. The molecule has 0 spiro atoms. The molecule has 3 aromatic rings. The number of Topliss-reactive ketones (excluding diaryl/α,β-unsaturated/α-hetero) is 1. The Hall–Kier alpha value is -2.75. The van der Waals surface area contributed by atoms with Gasteiger partial charge in [-0.2, -0.15) is 0 Å². The molecule has 0 heterocycles. The third-order valence-electron chi connectivity index (χ3n) is 11.5. The maximum Gasteiger partial charge on any atom is 0.288 e. The van der Waals surface area contributed by atoms with E-state index in [0.717, 1.165) is 32.3 Å². The number of rotatable bonds is 6. The molecule has 0 radical (unpaired) electrons. The number of hydrogen-bond donors (Lipinski definition) is 0. The molecule has 3 heteroatoms. The minimum absolute atomic E-state index is 0.0880. The normalized spacial score (nSPS) is 31.6. The smallest absolute Gasteiger partial charge is 0.288 e. The highest BCUT2D eigenvalue weighted by Crippen LogP contribution is 2.64. The quantitative estimate of drug-likeness (QED) is 0.199. The lowest BCUT2D eigenvalue weighted by atomic mass is 9.48. The summed E-state index contributed by atoms with van der Waals surface area (Å²) >= 11 is 0. The van der Waals surface area contributed by atoms with Gasteiger partial charge in [0.1, 0.15) is 5.78 Å². The molecular weight excluding hydrogens is 504 g/mol. The van der Waals surface area contributed by atoms with E-state index >= 15 is 0 Å². The lowest BCUT2D eigenvalue weighted by molar-refractivity contribution is -0.132. The average molecular weight is 547 g/mol. The van der Waals surface area contributed by atoms with Gasteiger partial charge < -0.3 is 4.43 Å². The predicted molar refractivity (Wildman–Crippen MR) is 166 cm³/mol. The highest BCUT2D eigenvalue weighted by Gasteiger charge is 2.60. The van der Waals surface area contributed by atoms with Crippen LogP contribution in [0.1, 0.15) is 64.7 Å². The fourth-order valence-corrected chi connectivity index (χ4v) is 13.5. The van der Waals surface area contributed by atoms with Gasteiger partial charge in [0.05, 0.1) is 0 Å². The number of carbonyl (C=O) groups excluding carboxylic acids is 1. The zero-order valence-corrected chi connectivity index (χ0v) is 24.9. The molecule has 0 N–H and O–H groups in total. The van der Waals surface area contributed by atoms with Crippen molar-refractivity contribution in [2.45, 2.75) is 64.7 Å². The highest BCUT2D eigenvalue weighted by atomic mass is 28.4. The Labute approximate surface area is 241 Å². The molecule has 3 aromatic carbocycles. The van der Waals surface area contributed by atoms with E-state index in [9.17, 15) is 4.79 Å². The third kappa shape index (κ3) is 3.95. The Morgan fingerprint density at radius 2 is 1.35 bits per heavy atom. The van der Waals surface area contributed by atoms with Gasteiger partial charge in [0, 0.05) is 23.9 Å². The van der Waals surface area contributed by atoms with Crippen LogP contribution < -0.4 is 15.6 Å². The SMILES string of the molecule is C[C@]12CC[C@H]3[C@@H](CC=C4CCCC[C@@]43CO[Si](c3ccccc3)(c3ccccc3)c3ccccc3)[C@@H]1CCC2=O. The van der Waals surface area contributed by atoms with Gasteiger partial charge in [-0.1, -0.05) is 116 Å². The van der Waals surface area contributed by atoms with Crippen molar-refractivity contribution in [3.8, 4) is 0 Å². The molecule has 4 aliphatic carbocycles. The van der Waals surface area contributed by atoms with Gasteiger partial charge in [-0.25, -0.2) is 0 Å². The van der Waals surface area contributed by atoms with Crippen LogP contribution in [0.15, 0.2) is 103 Å². The average Bonchev–Trinajstić information content (AvgIpc) is 3.33. The van der Waals surface area contributed by atoms with E-state index in [1.165, 1.54) is 47.7 Å². The zero-order chi connectivity index (χ0) is 27.2. The molecule has 3 fully saturated rings. The van der Waals surface area contributed by atoms with E-state index < -0.39 is 8.32 Å². The molecule has 40 heavy (non-hydrogen) atoms. The number of carbonyl (C=O) groups is 1. The Bertz CT molecular complexity index is 1290. The molecule has 2 nitrogen and oxygen atoms in total. The van der Waals surface area contributed by atoms with Crippen molar-refractivity contribution in [1.82, 2.24) is 0 Å². The number of fused-ring (bicyclic) bond motifs is 5. The van der Waals surface area contributed by atoms with Gasteiger partial charge in [0.15, 0.2) is 0 Å². The molecule has 206 valence electrons. The van der Waals surface area contributed by atoms with E-state index in [0.29, 0.717) is 23.5 Å². The van der Waals surface area contributed by atoms with Crippen LogP contribution in [0.25, 0.3) is 0 Å². The molecule has 4 aliphatic rings. The van der Waals surface area contributed by atoms with Gasteiger partial charge in [0.2, 0.25) is 0 Å². The molecule has 7 rings (SSSR count). The van der Waals surface area contributed by atoms with E-state index in [2.05, 4.69) is 104 Å². The Morgan fingerprint density at radius 1 is 0.750 bits per heavy atom. The van der Waals surface area contributed by atoms with Crippen LogP contribution in [0.5, 0.6) is 0 Å². The van der Waals surface area contributed by atoms with Crippen molar-refractivity contribution in [1.29, 1.82) is 0 Å². The molecule has 0 saturated heterocycles. The summed E-state index contributed by atoms with van der Waals surface area (Å²) < 4.78 is 7.73. The largest absolute Gasteiger partial charge is 0.403 e. The van der Waals surface area contributed by atoms with Crippen molar-refractivity contribution >= 4 is 29.7 Å². The molecule has 0 bridgehead atoms. The highest BCUT2D eigenvalue weighted by molar-refractivity contribution is 7.07. The summed E-state index contributed by atoms with van der Waals surface area (Å²) in [4.78, 5) is 13.1. The molecule has 5 atom stereocenters. The molecule has 0 unspecified atom stereocenters. The lowest BCUT2D eigenvalue weighted by Crippen LogP contribution is -2.70. The van der Waals surface area contributed by atoms with Crippen molar-refractivity contribution in [3.05, 3.63) is 103 Å². The van der Waals surface area contributed by atoms with Crippen LogP contribution in [0.3, 0.4) is 0 Å². The monoisotopic (exact) mass is 546 g/mol. The number of benzene rings is 3. The molecular formula is C37H42O2Si. The fourth-order valence-electron chi connectivity index (χ4n) is 9.52. The standard InChI is InChI=1S/C37H42O2Si/c1-36-26-24-34-32(33(36)22-23-35(36)38)21-20-28-13-11-12-25-37(28,34)27-39-40(29-14-5-2-6-15-29,30-16-7-3-8-17-30)31-18-9-4-10-19-31/h2-10,14-20,32-34H,11-13,21-27H2,1H3/t32-,33-,34-,36-,37+/m0/s1. The first-order valence-electron chi connectivity index (χ1n) is 15.6. The summed E-state index contributed by atoms with van der Waals surface area (Å²) in [5.41, 5.74) is 1.66. The summed E-state index contributed by atoms with van der Waals surface area (Å²) in [7, 11) is -2.78. The maximum atomic E-state index is 13.1. The van der Waals surface area contributed by atoms with E-state index in [1.54, 1.807) is 5.57 Å². The first-order chi connectivity index (χ1) is 19.6. The van der Waals surface area contributed by atoms with Crippen molar-refractivity contribution in [3.63, 3.8) is 0 Å².